The lowest BCUT2D eigenvalue weighted by Crippen LogP contribution is -2.51. The second kappa shape index (κ2) is 3.42. The lowest BCUT2D eigenvalue weighted by Gasteiger charge is -2.37. The maximum Gasteiger partial charge on any atom is 0.410 e. The molecule has 2 heterocycles. The monoisotopic (exact) mass is 311 g/mol. The van der Waals surface area contributed by atoms with E-state index in [1.165, 1.54) is 0 Å². The Morgan fingerprint density at radius 1 is 1.54 bits per heavy atom. The van der Waals surface area contributed by atoms with Gasteiger partial charge >= 0.3 is 6.09 Å². The Morgan fingerprint density at radius 3 is 2.54 bits per heavy atom. The summed E-state index contributed by atoms with van der Waals surface area (Å²) in [5.41, 5.74) is 0. The normalized spacial score (nSPS) is 41.6. The fourth-order valence-corrected chi connectivity index (χ4v) is 5.05. The van der Waals surface area contributed by atoms with Crippen LogP contribution < -0.4 is 0 Å². The van der Waals surface area contributed by atoms with Crippen molar-refractivity contribution in [2.45, 2.75) is 22.6 Å². The Balaban J connectivity index is 2.00. The molecule has 0 spiro atoms. The average Bonchev–Trinajstić information content (AvgIpc) is 2.61. The number of ether oxygens (including phenoxy) is 1. The van der Waals surface area contributed by atoms with Crippen molar-refractivity contribution < 1.29 is 9.53 Å². The van der Waals surface area contributed by atoms with Gasteiger partial charge < -0.3 is 9.64 Å². The molecule has 2 aliphatic heterocycles. The summed E-state index contributed by atoms with van der Waals surface area (Å²) < 4.78 is 4.96. The van der Waals surface area contributed by atoms with E-state index in [9.17, 15) is 4.79 Å². The van der Waals surface area contributed by atoms with Crippen LogP contribution in [0.15, 0.2) is 0 Å². The molecule has 0 aromatic heterocycles. The number of carbonyl (C=O) groups is 1. The van der Waals surface area contributed by atoms with Gasteiger partial charge in [0.2, 0.25) is 0 Å². The van der Waals surface area contributed by atoms with Gasteiger partial charge in [0.1, 0.15) is 0 Å². The minimum atomic E-state index is -0.179. The zero-order chi connectivity index (χ0) is 9.59. The summed E-state index contributed by atoms with van der Waals surface area (Å²) in [7, 11) is 0. The van der Waals surface area contributed by atoms with Crippen molar-refractivity contribution in [3.05, 3.63) is 0 Å². The molecular formula is C8H11Br2NO2. The SMILES string of the molecule is CCOC(=O)N1CC2C(Br)C1[C@H]2Br. The summed E-state index contributed by atoms with van der Waals surface area (Å²) in [6.45, 7) is 3.09. The number of hydrogen-bond donors (Lipinski definition) is 0. The largest absolute Gasteiger partial charge is 0.450 e. The molecule has 74 valence electrons. The van der Waals surface area contributed by atoms with Gasteiger partial charge in [-0.15, -0.1) is 0 Å². The third-order valence-electron chi connectivity index (χ3n) is 2.74. The number of fused-ring (bicyclic) bond motifs is 1. The predicted octanol–water partition coefficient (Wildman–Crippen LogP) is 1.98. The van der Waals surface area contributed by atoms with Crippen LogP contribution in [0.4, 0.5) is 4.79 Å². The van der Waals surface area contributed by atoms with Gasteiger partial charge in [0, 0.05) is 22.1 Å². The van der Waals surface area contributed by atoms with Crippen LogP contribution in [0.5, 0.6) is 0 Å². The summed E-state index contributed by atoms with van der Waals surface area (Å²) in [6, 6.07) is 0.282. The highest BCUT2D eigenvalue weighted by molar-refractivity contribution is 9.10. The van der Waals surface area contributed by atoms with Crippen LogP contribution in [0.2, 0.25) is 0 Å². The van der Waals surface area contributed by atoms with Gasteiger partial charge in [-0.2, -0.15) is 0 Å². The molecule has 0 aromatic carbocycles. The van der Waals surface area contributed by atoms with E-state index in [4.69, 9.17) is 4.74 Å². The van der Waals surface area contributed by atoms with Crippen molar-refractivity contribution in [2.75, 3.05) is 13.2 Å². The van der Waals surface area contributed by atoms with E-state index >= 15 is 0 Å². The number of amides is 1. The van der Waals surface area contributed by atoms with Crippen molar-refractivity contribution in [3.8, 4) is 0 Å². The van der Waals surface area contributed by atoms with E-state index in [0.29, 0.717) is 22.2 Å². The average molecular weight is 313 g/mol. The first-order valence-corrected chi connectivity index (χ1v) is 6.21. The Bertz CT molecular complexity index is 226. The number of hydrogen-bond acceptors (Lipinski definition) is 2. The van der Waals surface area contributed by atoms with E-state index < -0.39 is 0 Å². The molecule has 0 aromatic rings. The Hall–Kier alpha value is 0.230. The lowest BCUT2D eigenvalue weighted by molar-refractivity contribution is 0.108. The van der Waals surface area contributed by atoms with Crippen LogP contribution in [0, 0.1) is 5.92 Å². The van der Waals surface area contributed by atoms with Crippen molar-refractivity contribution >= 4 is 38.0 Å². The number of carbonyl (C=O) groups excluding carboxylic acids is 1. The third kappa shape index (κ3) is 1.31. The molecule has 1 amide bonds. The van der Waals surface area contributed by atoms with Crippen molar-refractivity contribution in [1.82, 2.24) is 4.90 Å². The molecule has 13 heavy (non-hydrogen) atoms. The van der Waals surface area contributed by atoms with E-state index in [2.05, 4.69) is 31.9 Å². The molecule has 3 fully saturated rings. The highest BCUT2D eigenvalue weighted by Gasteiger charge is 2.59. The summed E-state index contributed by atoms with van der Waals surface area (Å²) in [6.07, 6.45) is -0.179. The van der Waals surface area contributed by atoms with E-state index in [0.717, 1.165) is 6.54 Å². The molecule has 5 heteroatoms. The molecular weight excluding hydrogens is 302 g/mol. The van der Waals surface area contributed by atoms with Crippen molar-refractivity contribution in [2.24, 2.45) is 5.92 Å². The van der Waals surface area contributed by atoms with E-state index in [1.54, 1.807) is 0 Å². The molecule has 3 aliphatic rings. The molecule has 0 radical (unpaired) electrons. The highest BCUT2D eigenvalue weighted by Crippen LogP contribution is 2.49. The molecule has 2 bridgehead atoms. The smallest absolute Gasteiger partial charge is 0.410 e. The molecule has 0 N–H and O–H groups in total. The maximum atomic E-state index is 11.4. The van der Waals surface area contributed by atoms with E-state index in [1.807, 2.05) is 11.8 Å². The first-order chi connectivity index (χ1) is 6.16. The molecule has 2 saturated heterocycles. The van der Waals surface area contributed by atoms with Gasteiger partial charge in [0.25, 0.3) is 0 Å². The fraction of sp³-hybridized carbons (Fsp3) is 0.875. The molecule has 1 aliphatic carbocycles. The van der Waals surface area contributed by atoms with Gasteiger partial charge in [-0.25, -0.2) is 4.79 Å². The number of nitrogens with zero attached hydrogens (tertiary/aromatic N) is 1. The molecule has 3 unspecified atom stereocenters. The van der Waals surface area contributed by atoms with Crippen molar-refractivity contribution in [3.63, 3.8) is 0 Å². The first kappa shape index (κ1) is 9.77. The molecule has 4 atom stereocenters. The summed E-state index contributed by atoms with van der Waals surface area (Å²) >= 11 is 7.15. The Kier molecular flexibility index (Phi) is 2.57. The van der Waals surface area contributed by atoms with Crippen LogP contribution in [0.1, 0.15) is 6.92 Å². The quantitative estimate of drug-likeness (QED) is 0.693. The topological polar surface area (TPSA) is 29.5 Å². The van der Waals surface area contributed by atoms with E-state index in [-0.39, 0.29) is 12.1 Å². The van der Waals surface area contributed by atoms with Gasteiger partial charge in [-0.1, -0.05) is 31.9 Å². The van der Waals surface area contributed by atoms with Crippen LogP contribution in [0.3, 0.4) is 0 Å². The first-order valence-electron chi connectivity index (χ1n) is 4.38. The summed E-state index contributed by atoms with van der Waals surface area (Å²) in [4.78, 5) is 14.1. The number of alkyl halides is 2. The predicted molar refractivity (Wildman–Crippen MR) is 56.4 cm³/mol. The summed E-state index contributed by atoms with van der Waals surface area (Å²) in [5, 5.41) is 0. The number of halogens is 2. The van der Waals surface area contributed by atoms with Crippen LogP contribution >= 0.6 is 31.9 Å². The van der Waals surface area contributed by atoms with Crippen LogP contribution in [0.25, 0.3) is 0 Å². The van der Waals surface area contributed by atoms with Crippen molar-refractivity contribution in [1.29, 1.82) is 0 Å². The third-order valence-corrected chi connectivity index (χ3v) is 5.18. The van der Waals surface area contributed by atoms with Gasteiger partial charge in [0.05, 0.1) is 12.6 Å². The highest BCUT2D eigenvalue weighted by atomic mass is 79.9. The molecule has 3 rings (SSSR count). The maximum absolute atomic E-state index is 11.4. The zero-order valence-corrected chi connectivity index (χ0v) is 10.4. The van der Waals surface area contributed by atoms with Crippen LogP contribution in [-0.2, 0) is 4.74 Å². The van der Waals surface area contributed by atoms with Gasteiger partial charge in [-0.3, -0.25) is 0 Å². The Labute approximate surface area is 94.1 Å². The lowest BCUT2D eigenvalue weighted by atomic mass is 9.86. The second-order valence-electron chi connectivity index (χ2n) is 3.39. The second-order valence-corrected chi connectivity index (χ2v) is 5.51. The van der Waals surface area contributed by atoms with Gasteiger partial charge in [0.15, 0.2) is 0 Å². The Morgan fingerprint density at radius 2 is 2.15 bits per heavy atom. The minimum Gasteiger partial charge on any atom is -0.450 e. The van der Waals surface area contributed by atoms with Crippen LogP contribution in [-0.4, -0.2) is 39.8 Å². The standard InChI is InChI=1S/C8H11Br2NO2/c1-2-13-8(12)11-3-4-5(9)7(11)6(4)10/h4-7H,2-3H2,1H3/t4?,5-,6?,7?/m0/s1. The number of rotatable bonds is 1. The zero-order valence-electron chi connectivity index (χ0n) is 7.24. The minimum absolute atomic E-state index is 0.179. The van der Waals surface area contributed by atoms with Gasteiger partial charge in [-0.05, 0) is 6.92 Å². The summed E-state index contributed by atoms with van der Waals surface area (Å²) in [5.74, 6) is 0.550. The molecule has 1 saturated carbocycles. The fourth-order valence-electron chi connectivity index (χ4n) is 2.01. The molecule has 3 nitrogen and oxygen atoms in total.